The average molecular weight is 320 g/mol. The molecule has 108 valence electrons. The summed E-state index contributed by atoms with van der Waals surface area (Å²) in [5.41, 5.74) is -0.234. The minimum Gasteiger partial charge on any atom is -0.464 e. The van der Waals surface area contributed by atoms with E-state index in [1.165, 1.54) is 19.2 Å². The van der Waals surface area contributed by atoms with E-state index in [9.17, 15) is 14.9 Å². The number of halogens is 2. The molecule has 0 bridgehead atoms. The van der Waals surface area contributed by atoms with Crippen LogP contribution in [0.5, 0.6) is 0 Å². The molecule has 1 heterocycles. The summed E-state index contributed by atoms with van der Waals surface area (Å²) in [7, 11) is 1.21. The van der Waals surface area contributed by atoms with Gasteiger partial charge in [0.1, 0.15) is 4.33 Å². The maximum absolute atomic E-state index is 11.4. The Morgan fingerprint density at radius 3 is 2.70 bits per heavy atom. The zero-order chi connectivity index (χ0) is 14.9. The fourth-order valence-corrected chi connectivity index (χ4v) is 2.63. The third kappa shape index (κ3) is 3.10. The monoisotopic (exact) mass is 319 g/mol. The van der Waals surface area contributed by atoms with Gasteiger partial charge in [-0.1, -0.05) is 0 Å². The third-order valence-electron chi connectivity index (χ3n) is 2.90. The van der Waals surface area contributed by atoms with Gasteiger partial charge < -0.3 is 10.1 Å². The first-order valence-corrected chi connectivity index (χ1v) is 6.46. The van der Waals surface area contributed by atoms with Crippen LogP contribution in [0.25, 0.3) is 0 Å². The SMILES string of the molecule is COC(=O)c1ccc([N+](=O)[O-])c(NC2CC(Cl)(Cl)C2)n1. The summed E-state index contributed by atoms with van der Waals surface area (Å²) in [5.74, 6) is -0.660. The molecule has 0 amide bonds. The second kappa shape index (κ2) is 5.41. The molecule has 1 aromatic heterocycles. The summed E-state index contributed by atoms with van der Waals surface area (Å²) < 4.78 is 3.72. The molecule has 1 saturated carbocycles. The Balaban J connectivity index is 2.23. The number of hydrogen-bond donors (Lipinski definition) is 1. The van der Waals surface area contributed by atoms with Crippen molar-refractivity contribution in [3.8, 4) is 0 Å². The Morgan fingerprint density at radius 1 is 1.55 bits per heavy atom. The number of ether oxygens (including phenoxy) is 1. The highest BCUT2D eigenvalue weighted by atomic mass is 35.5. The van der Waals surface area contributed by atoms with Crippen LogP contribution in [-0.2, 0) is 4.74 Å². The maximum Gasteiger partial charge on any atom is 0.356 e. The van der Waals surface area contributed by atoms with Crippen LogP contribution in [0, 0.1) is 10.1 Å². The molecule has 2 rings (SSSR count). The van der Waals surface area contributed by atoms with Crippen LogP contribution in [0.15, 0.2) is 12.1 Å². The molecule has 0 unspecified atom stereocenters. The molecule has 1 aliphatic carbocycles. The maximum atomic E-state index is 11.4. The Kier molecular flexibility index (Phi) is 4.01. The molecule has 0 spiro atoms. The van der Waals surface area contributed by atoms with Crippen molar-refractivity contribution in [1.29, 1.82) is 0 Å². The van der Waals surface area contributed by atoms with Gasteiger partial charge in [-0.3, -0.25) is 10.1 Å². The van der Waals surface area contributed by atoms with Gasteiger partial charge in [0.25, 0.3) is 0 Å². The highest BCUT2D eigenvalue weighted by molar-refractivity contribution is 6.49. The minimum atomic E-state index is -0.813. The second-order valence-corrected chi connectivity index (χ2v) is 6.06. The Morgan fingerprint density at radius 2 is 2.20 bits per heavy atom. The summed E-state index contributed by atoms with van der Waals surface area (Å²) >= 11 is 11.7. The highest BCUT2D eigenvalue weighted by Crippen LogP contribution is 2.44. The van der Waals surface area contributed by atoms with E-state index in [1.54, 1.807) is 0 Å². The average Bonchev–Trinajstić information content (AvgIpc) is 2.35. The van der Waals surface area contributed by atoms with Crippen molar-refractivity contribution < 1.29 is 14.5 Å². The van der Waals surface area contributed by atoms with Crippen LogP contribution in [0.1, 0.15) is 23.3 Å². The molecule has 1 fully saturated rings. The number of rotatable bonds is 4. The van der Waals surface area contributed by atoms with E-state index in [0.29, 0.717) is 12.8 Å². The summed E-state index contributed by atoms with van der Waals surface area (Å²) in [6.07, 6.45) is 0.884. The quantitative estimate of drug-likeness (QED) is 0.396. The number of nitrogens with one attached hydrogen (secondary N) is 1. The Labute approximate surface area is 124 Å². The summed E-state index contributed by atoms with van der Waals surface area (Å²) in [5, 5.41) is 13.8. The fourth-order valence-electron chi connectivity index (χ4n) is 1.88. The predicted molar refractivity (Wildman–Crippen MR) is 73.3 cm³/mol. The molecule has 0 saturated heterocycles. The number of carbonyl (C=O) groups is 1. The Hall–Kier alpha value is -1.60. The van der Waals surface area contributed by atoms with Gasteiger partial charge in [-0.15, -0.1) is 23.2 Å². The molecule has 1 aliphatic rings. The topological polar surface area (TPSA) is 94.4 Å². The van der Waals surface area contributed by atoms with Gasteiger partial charge in [-0.2, -0.15) is 0 Å². The van der Waals surface area contributed by atoms with Crippen LogP contribution < -0.4 is 5.32 Å². The number of anilines is 1. The molecule has 1 N–H and O–H groups in total. The normalized spacial score (nSPS) is 17.1. The van der Waals surface area contributed by atoms with Gasteiger partial charge in [-0.25, -0.2) is 9.78 Å². The van der Waals surface area contributed by atoms with E-state index in [4.69, 9.17) is 23.2 Å². The standard InChI is InChI=1S/C11H11Cl2N3O4/c1-20-10(17)7-2-3-8(16(18)19)9(15-7)14-6-4-11(12,13)5-6/h2-3,6H,4-5H2,1H3,(H,14,15). The Bertz CT molecular complexity index is 557. The molecule has 0 radical (unpaired) electrons. The van der Waals surface area contributed by atoms with Crippen LogP contribution in [0.2, 0.25) is 0 Å². The number of carbonyl (C=O) groups excluding carboxylic acids is 1. The third-order valence-corrected chi connectivity index (χ3v) is 3.51. The van der Waals surface area contributed by atoms with Crippen LogP contribution in [-0.4, -0.2) is 33.4 Å². The number of hydrogen-bond acceptors (Lipinski definition) is 6. The fraction of sp³-hybridized carbons (Fsp3) is 0.455. The number of nitro groups is 1. The van der Waals surface area contributed by atoms with E-state index in [-0.39, 0.29) is 23.2 Å². The second-order valence-electron chi connectivity index (χ2n) is 4.42. The van der Waals surface area contributed by atoms with Gasteiger partial charge in [-0.05, 0) is 6.07 Å². The number of nitrogens with zero attached hydrogens (tertiary/aromatic N) is 2. The van der Waals surface area contributed by atoms with E-state index >= 15 is 0 Å². The summed E-state index contributed by atoms with van der Waals surface area (Å²) in [6.45, 7) is 0. The molecular formula is C11H11Cl2N3O4. The van der Waals surface area contributed by atoms with E-state index < -0.39 is 15.2 Å². The lowest BCUT2D eigenvalue weighted by Crippen LogP contribution is -2.43. The van der Waals surface area contributed by atoms with Crippen molar-refractivity contribution in [2.45, 2.75) is 23.2 Å². The smallest absolute Gasteiger partial charge is 0.356 e. The van der Waals surface area contributed by atoms with Gasteiger partial charge >= 0.3 is 11.7 Å². The van der Waals surface area contributed by atoms with Crippen molar-refractivity contribution in [2.24, 2.45) is 0 Å². The molecule has 9 heteroatoms. The number of aromatic nitrogens is 1. The molecular weight excluding hydrogens is 309 g/mol. The predicted octanol–water partition coefficient (Wildman–Crippen LogP) is 2.52. The van der Waals surface area contributed by atoms with E-state index in [1.807, 2.05) is 0 Å². The lowest BCUT2D eigenvalue weighted by atomic mass is 9.91. The van der Waals surface area contributed by atoms with Gasteiger partial charge in [0.2, 0.25) is 5.82 Å². The van der Waals surface area contributed by atoms with Crippen molar-refractivity contribution in [1.82, 2.24) is 4.98 Å². The largest absolute Gasteiger partial charge is 0.464 e. The van der Waals surface area contributed by atoms with Crippen LogP contribution >= 0.6 is 23.2 Å². The molecule has 0 atom stereocenters. The first-order valence-electron chi connectivity index (χ1n) is 5.70. The molecule has 20 heavy (non-hydrogen) atoms. The zero-order valence-electron chi connectivity index (χ0n) is 10.4. The van der Waals surface area contributed by atoms with E-state index in [2.05, 4.69) is 15.0 Å². The lowest BCUT2D eigenvalue weighted by Gasteiger charge is -2.38. The van der Waals surface area contributed by atoms with Gasteiger partial charge in [0.05, 0.1) is 12.0 Å². The van der Waals surface area contributed by atoms with Crippen LogP contribution in [0.3, 0.4) is 0 Å². The number of alkyl halides is 2. The molecule has 0 aromatic carbocycles. The van der Waals surface area contributed by atoms with Gasteiger partial charge in [0.15, 0.2) is 5.69 Å². The van der Waals surface area contributed by atoms with E-state index in [0.717, 1.165) is 0 Å². The summed E-state index contributed by atoms with van der Waals surface area (Å²) in [4.78, 5) is 25.7. The number of methoxy groups -OCH3 is 1. The molecule has 0 aliphatic heterocycles. The lowest BCUT2D eigenvalue weighted by molar-refractivity contribution is -0.384. The van der Waals surface area contributed by atoms with Crippen molar-refractivity contribution >= 4 is 40.7 Å². The van der Waals surface area contributed by atoms with Crippen molar-refractivity contribution in [3.63, 3.8) is 0 Å². The zero-order valence-corrected chi connectivity index (χ0v) is 11.9. The van der Waals surface area contributed by atoms with Crippen LogP contribution in [0.4, 0.5) is 11.5 Å². The van der Waals surface area contributed by atoms with Crippen molar-refractivity contribution in [3.05, 3.63) is 27.9 Å². The first-order chi connectivity index (χ1) is 9.32. The number of pyridine rings is 1. The molecule has 1 aromatic rings. The first kappa shape index (κ1) is 14.8. The van der Waals surface area contributed by atoms with Crippen molar-refractivity contribution in [2.75, 3.05) is 12.4 Å². The molecule has 7 nitrogen and oxygen atoms in total. The number of esters is 1. The minimum absolute atomic E-state index is 0.00623. The highest BCUT2D eigenvalue weighted by Gasteiger charge is 2.42. The van der Waals surface area contributed by atoms with Gasteiger partial charge in [0, 0.05) is 24.9 Å². The summed E-state index contributed by atoms with van der Waals surface area (Å²) in [6, 6.07) is 2.32.